The number of thiophene rings is 1. The molecule has 3 aromatic rings. The quantitative estimate of drug-likeness (QED) is 0.338. The van der Waals surface area contributed by atoms with Crippen LogP contribution in [0.2, 0.25) is 0 Å². The Bertz CT molecular complexity index is 1030. The number of rotatable bonds is 6. The van der Waals surface area contributed by atoms with Crippen molar-refractivity contribution in [2.24, 2.45) is 0 Å². The summed E-state index contributed by atoms with van der Waals surface area (Å²) in [5.74, 6) is 0.334. The van der Waals surface area contributed by atoms with Gasteiger partial charge in [0, 0.05) is 23.2 Å². The number of hydrogen-bond donors (Lipinski definition) is 1. The molecular weight excluding hydrogens is 422 g/mol. The number of hydrogen-bond acceptors (Lipinski definition) is 7. The summed E-state index contributed by atoms with van der Waals surface area (Å²) in [7, 11) is 0. The number of carbonyl (C=O) groups excluding carboxylic acids is 1. The highest BCUT2D eigenvalue weighted by Crippen LogP contribution is 2.42. The highest BCUT2D eigenvalue weighted by molar-refractivity contribution is 8.00. The molecule has 4 rings (SSSR count). The molecule has 1 aromatic carbocycles. The number of fused-ring (bicyclic) bond motifs is 3. The fraction of sp³-hybridized carbons (Fsp3) is 0.381. The lowest BCUT2D eigenvalue weighted by atomic mass is 9.95. The summed E-state index contributed by atoms with van der Waals surface area (Å²) in [5, 5.41) is 5.72. The molecule has 0 atom stereocenters. The lowest BCUT2D eigenvalue weighted by molar-refractivity contribution is -0.118. The molecule has 8 heteroatoms. The van der Waals surface area contributed by atoms with Crippen LogP contribution in [0.5, 0.6) is 0 Å². The van der Waals surface area contributed by atoms with Gasteiger partial charge < -0.3 is 10.1 Å². The molecule has 0 unspecified atom stereocenters. The van der Waals surface area contributed by atoms with Crippen molar-refractivity contribution in [3.63, 3.8) is 0 Å². The highest BCUT2D eigenvalue weighted by atomic mass is 32.2. The van der Waals surface area contributed by atoms with E-state index in [9.17, 15) is 4.79 Å². The van der Waals surface area contributed by atoms with Gasteiger partial charge in [0.1, 0.15) is 9.86 Å². The van der Waals surface area contributed by atoms with Crippen LogP contribution in [-0.2, 0) is 29.1 Å². The van der Waals surface area contributed by atoms with E-state index < -0.39 is 0 Å². The van der Waals surface area contributed by atoms with Gasteiger partial charge in [0.2, 0.25) is 5.91 Å². The van der Waals surface area contributed by atoms with Crippen LogP contribution in [-0.4, -0.2) is 33.5 Å². The molecular formula is C21H23N3O2S3. The molecule has 1 aliphatic heterocycles. The molecule has 0 bridgehead atoms. The van der Waals surface area contributed by atoms with Gasteiger partial charge in [-0.25, -0.2) is 9.97 Å². The third kappa shape index (κ3) is 4.77. The zero-order valence-electron chi connectivity index (χ0n) is 16.7. The maximum absolute atomic E-state index is 12.4. The zero-order chi connectivity index (χ0) is 20.4. The summed E-state index contributed by atoms with van der Waals surface area (Å²) in [4.78, 5) is 24.1. The van der Waals surface area contributed by atoms with Crippen LogP contribution >= 0.6 is 34.9 Å². The Hall–Kier alpha value is -1.61. The number of amides is 1. The molecule has 1 N–H and O–H groups in total. The molecule has 1 amide bonds. The van der Waals surface area contributed by atoms with Crippen LogP contribution in [0.3, 0.4) is 0 Å². The molecule has 0 aliphatic carbocycles. The summed E-state index contributed by atoms with van der Waals surface area (Å²) in [6.45, 7) is 5.37. The topological polar surface area (TPSA) is 64.1 Å². The molecule has 0 spiro atoms. The lowest BCUT2D eigenvalue weighted by Gasteiger charge is -2.30. The molecule has 0 radical (unpaired) electrons. The van der Waals surface area contributed by atoms with Crippen LogP contribution in [0, 0.1) is 0 Å². The van der Waals surface area contributed by atoms with Gasteiger partial charge >= 0.3 is 0 Å². The minimum Gasteiger partial charge on any atom is -0.370 e. The van der Waals surface area contributed by atoms with Crippen LogP contribution in [0.1, 0.15) is 29.9 Å². The Morgan fingerprint density at radius 2 is 2.07 bits per heavy atom. The monoisotopic (exact) mass is 445 g/mol. The average Bonchev–Trinajstić information content (AvgIpc) is 3.07. The van der Waals surface area contributed by atoms with Crippen molar-refractivity contribution in [3.8, 4) is 0 Å². The van der Waals surface area contributed by atoms with Crippen LogP contribution < -0.4 is 5.32 Å². The standard InChI is InChI=1S/C21H23N3O2S3/c1-21(2)9-14-15(11-26-21)29-19-17(14)18(23-20(24-19)27-3)28-12-16(25)22-10-13-7-5-4-6-8-13/h4-8H,9-12H2,1-3H3,(H,22,25). The molecule has 29 heavy (non-hydrogen) atoms. The Morgan fingerprint density at radius 1 is 1.28 bits per heavy atom. The second-order valence-electron chi connectivity index (χ2n) is 7.48. The Balaban J connectivity index is 1.54. The maximum atomic E-state index is 12.4. The van der Waals surface area contributed by atoms with Gasteiger partial charge in [0.25, 0.3) is 0 Å². The largest absolute Gasteiger partial charge is 0.370 e. The SMILES string of the molecule is CSc1nc(SCC(=O)NCc2ccccc2)c2c3c(sc2n1)COC(C)(C)C3. The highest BCUT2D eigenvalue weighted by Gasteiger charge is 2.31. The zero-order valence-corrected chi connectivity index (χ0v) is 19.1. The summed E-state index contributed by atoms with van der Waals surface area (Å²) in [6.07, 6.45) is 2.81. The summed E-state index contributed by atoms with van der Waals surface area (Å²) in [6, 6.07) is 9.94. The summed E-state index contributed by atoms with van der Waals surface area (Å²) < 4.78 is 5.98. The smallest absolute Gasteiger partial charge is 0.230 e. The molecule has 152 valence electrons. The molecule has 0 saturated carbocycles. The van der Waals surface area contributed by atoms with E-state index in [0.717, 1.165) is 32.4 Å². The van der Waals surface area contributed by atoms with Crippen molar-refractivity contribution in [1.29, 1.82) is 0 Å². The lowest BCUT2D eigenvalue weighted by Crippen LogP contribution is -2.31. The molecule has 3 heterocycles. The van der Waals surface area contributed by atoms with Crippen molar-refractivity contribution >= 4 is 51.0 Å². The second-order valence-corrected chi connectivity index (χ2v) is 10.3. The fourth-order valence-electron chi connectivity index (χ4n) is 3.27. The third-order valence-electron chi connectivity index (χ3n) is 4.73. The van der Waals surface area contributed by atoms with E-state index >= 15 is 0 Å². The first-order valence-corrected chi connectivity index (χ1v) is 12.4. The first-order valence-electron chi connectivity index (χ1n) is 9.39. The van der Waals surface area contributed by atoms with E-state index in [1.165, 1.54) is 34.0 Å². The van der Waals surface area contributed by atoms with Gasteiger partial charge in [-0.05, 0) is 31.2 Å². The van der Waals surface area contributed by atoms with Crippen molar-refractivity contribution in [2.75, 3.05) is 12.0 Å². The van der Waals surface area contributed by atoms with E-state index in [0.29, 0.717) is 18.9 Å². The van der Waals surface area contributed by atoms with Gasteiger partial charge in [0.05, 0.1) is 18.0 Å². The number of ether oxygens (including phenoxy) is 1. The van der Waals surface area contributed by atoms with Crippen LogP contribution in [0.4, 0.5) is 0 Å². The predicted molar refractivity (Wildman–Crippen MR) is 121 cm³/mol. The van der Waals surface area contributed by atoms with E-state index in [2.05, 4.69) is 19.2 Å². The minimum absolute atomic E-state index is 0.00378. The summed E-state index contributed by atoms with van der Waals surface area (Å²) >= 11 is 4.70. The third-order valence-corrected chi connectivity index (χ3v) is 7.35. The van der Waals surface area contributed by atoms with Crippen LogP contribution in [0.25, 0.3) is 10.2 Å². The van der Waals surface area contributed by atoms with Crippen molar-refractivity contribution in [1.82, 2.24) is 15.3 Å². The minimum atomic E-state index is -0.200. The molecule has 5 nitrogen and oxygen atoms in total. The number of nitrogens with zero attached hydrogens (tertiary/aromatic N) is 2. The average molecular weight is 446 g/mol. The van der Waals surface area contributed by atoms with E-state index in [1.54, 1.807) is 11.3 Å². The number of carbonyl (C=O) groups is 1. The Morgan fingerprint density at radius 3 is 2.83 bits per heavy atom. The first kappa shape index (κ1) is 20.7. The Kier molecular flexibility index (Phi) is 6.15. The summed E-state index contributed by atoms with van der Waals surface area (Å²) in [5.41, 5.74) is 2.17. The van der Waals surface area contributed by atoms with Gasteiger partial charge in [-0.15, -0.1) is 11.3 Å². The van der Waals surface area contributed by atoms with Gasteiger partial charge in [-0.3, -0.25) is 4.79 Å². The van der Waals surface area contributed by atoms with Crippen molar-refractivity contribution in [3.05, 3.63) is 46.3 Å². The van der Waals surface area contributed by atoms with Gasteiger partial charge in [-0.1, -0.05) is 53.9 Å². The van der Waals surface area contributed by atoms with Gasteiger partial charge in [0.15, 0.2) is 5.16 Å². The predicted octanol–water partition coefficient (Wildman–Crippen LogP) is 4.67. The van der Waals surface area contributed by atoms with E-state index in [1.807, 2.05) is 36.6 Å². The van der Waals surface area contributed by atoms with Gasteiger partial charge in [-0.2, -0.15) is 0 Å². The van der Waals surface area contributed by atoms with Crippen molar-refractivity contribution in [2.45, 2.75) is 49.2 Å². The molecule has 0 fully saturated rings. The second kappa shape index (κ2) is 8.63. The van der Waals surface area contributed by atoms with E-state index in [-0.39, 0.29) is 11.5 Å². The number of benzene rings is 1. The molecule has 2 aromatic heterocycles. The number of nitrogens with one attached hydrogen (secondary N) is 1. The maximum Gasteiger partial charge on any atom is 0.230 e. The Labute approximate surface area is 183 Å². The molecule has 0 saturated heterocycles. The fourth-order valence-corrected chi connectivity index (χ4v) is 5.80. The first-order chi connectivity index (χ1) is 13.9. The number of thioether (sulfide) groups is 2. The normalized spacial score (nSPS) is 15.3. The van der Waals surface area contributed by atoms with E-state index in [4.69, 9.17) is 14.7 Å². The molecule has 1 aliphatic rings. The number of aromatic nitrogens is 2. The van der Waals surface area contributed by atoms with Crippen molar-refractivity contribution < 1.29 is 9.53 Å². The van der Waals surface area contributed by atoms with Crippen LogP contribution in [0.15, 0.2) is 40.5 Å².